The van der Waals surface area contributed by atoms with Gasteiger partial charge in [-0.25, -0.2) is 0 Å². The number of ether oxygens (including phenoxy) is 2. The third kappa shape index (κ3) is 3.18. The molecule has 16 heavy (non-hydrogen) atoms. The lowest BCUT2D eigenvalue weighted by atomic mass is 10.2. The van der Waals surface area contributed by atoms with E-state index in [1.54, 1.807) is 33.3 Å². The van der Waals surface area contributed by atoms with Crippen LogP contribution < -0.4 is 14.8 Å². The molecule has 1 aromatic rings. The fourth-order valence-corrected chi connectivity index (χ4v) is 1.50. The Morgan fingerprint density at radius 3 is 2.44 bits per heavy atom. The second kappa shape index (κ2) is 5.82. The number of halogens is 1. The van der Waals surface area contributed by atoms with Crippen molar-refractivity contribution in [1.29, 1.82) is 0 Å². The Morgan fingerprint density at radius 1 is 1.31 bits per heavy atom. The molecular weight excluding hydrogens is 230 g/mol. The van der Waals surface area contributed by atoms with Crippen molar-refractivity contribution in [2.75, 3.05) is 26.1 Å². The van der Waals surface area contributed by atoms with Gasteiger partial charge in [0.2, 0.25) is 0 Å². The van der Waals surface area contributed by atoms with Gasteiger partial charge in [-0.05, 0) is 13.0 Å². The molecule has 1 aromatic carbocycles. The number of rotatable bonds is 5. The van der Waals surface area contributed by atoms with Gasteiger partial charge in [0.1, 0.15) is 11.5 Å². The van der Waals surface area contributed by atoms with Crippen LogP contribution in [-0.2, 0) is 0 Å². The number of anilines is 1. The van der Waals surface area contributed by atoms with Crippen molar-refractivity contribution in [1.82, 2.24) is 0 Å². The number of benzene rings is 1. The minimum atomic E-state index is -0.439. The predicted molar refractivity (Wildman–Crippen MR) is 64.7 cm³/mol. The topological polar surface area (TPSA) is 50.7 Å². The van der Waals surface area contributed by atoms with E-state index in [0.717, 1.165) is 5.69 Å². The summed E-state index contributed by atoms with van der Waals surface area (Å²) < 4.78 is 10.3. The van der Waals surface area contributed by atoms with Gasteiger partial charge in [0.05, 0.1) is 31.0 Å². The van der Waals surface area contributed by atoms with Gasteiger partial charge in [-0.1, -0.05) is 11.6 Å². The van der Waals surface area contributed by atoms with E-state index in [4.69, 9.17) is 21.1 Å². The Balaban J connectivity index is 2.94. The van der Waals surface area contributed by atoms with Crippen molar-refractivity contribution in [2.24, 2.45) is 0 Å². The lowest BCUT2D eigenvalue weighted by Crippen LogP contribution is -2.15. The molecule has 90 valence electrons. The summed E-state index contributed by atoms with van der Waals surface area (Å²) in [6.45, 7) is 2.13. The van der Waals surface area contributed by atoms with Crippen LogP contribution in [0.4, 0.5) is 5.69 Å². The average molecular weight is 246 g/mol. The van der Waals surface area contributed by atoms with Gasteiger partial charge in [0.25, 0.3) is 0 Å². The van der Waals surface area contributed by atoms with Crippen molar-refractivity contribution in [3.63, 3.8) is 0 Å². The predicted octanol–water partition coefficient (Wildman–Crippen LogP) is 2.15. The van der Waals surface area contributed by atoms with E-state index in [0.29, 0.717) is 23.1 Å². The van der Waals surface area contributed by atoms with Gasteiger partial charge in [0, 0.05) is 12.6 Å². The van der Waals surface area contributed by atoms with Crippen LogP contribution >= 0.6 is 11.6 Å². The van der Waals surface area contributed by atoms with Crippen LogP contribution in [0.15, 0.2) is 12.1 Å². The van der Waals surface area contributed by atoms with E-state index in [9.17, 15) is 5.11 Å². The molecule has 4 nitrogen and oxygen atoms in total. The maximum absolute atomic E-state index is 9.19. The zero-order chi connectivity index (χ0) is 12.1. The van der Waals surface area contributed by atoms with Gasteiger partial charge in [0.15, 0.2) is 0 Å². The first-order chi connectivity index (χ1) is 7.58. The zero-order valence-electron chi connectivity index (χ0n) is 9.58. The van der Waals surface area contributed by atoms with Crippen LogP contribution in [0.2, 0.25) is 5.02 Å². The highest BCUT2D eigenvalue weighted by Crippen LogP contribution is 2.35. The third-order valence-electron chi connectivity index (χ3n) is 2.06. The molecule has 1 atom stereocenters. The Morgan fingerprint density at radius 2 is 1.94 bits per heavy atom. The number of hydrogen-bond acceptors (Lipinski definition) is 4. The molecule has 0 unspecified atom stereocenters. The summed E-state index contributed by atoms with van der Waals surface area (Å²) in [5, 5.41) is 12.7. The normalized spacial score (nSPS) is 12.1. The summed E-state index contributed by atoms with van der Waals surface area (Å²) >= 11 is 5.99. The summed E-state index contributed by atoms with van der Waals surface area (Å²) in [6.07, 6.45) is -0.439. The quantitative estimate of drug-likeness (QED) is 0.835. The molecule has 0 aliphatic carbocycles. The summed E-state index contributed by atoms with van der Waals surface area (Å²) in [7, 11) is 3.11. The smallest absolute Gasteiger partial charge is 0.145 e. The second-order valence-corrected chi connectivity index (χ2v) is 3.82. The molecule has 0 aliphatic heterocycles. The summed E-state index contributed by atoms with van der Waals surface area (Å²) in [5.74, 6) is 1.18. The zero-order valence-corrected chi connectivity index (χ0v) is 10.3. The van der Waals surface area contributed by atoms with E-state index < -0.39 is 6.10 Å². The Labute approximate surface area is 100 Å². The van der Waals surface area contributed by atoms with Crippen LogP contribution in [0.1, 0.15) is 6.92 Å². The van der Waals surface area contributed by atoms with E-state index in [1.165, 1.54) is 0 Å². The molecule has 0 amide bonds. The minimum absolute atomic E-state index is 0.430. The highest BCUT2D eigenvalue weighted by Gasteiger charge is 2.09. The van der Waals surface area contributed by atoms with Gasteiger partial charge in [-0.3, -0.25) is 0 Å². The SMILES string of the molecule is COc1cc(OC)c(NC[C@@H](C)O)cc1Cl. The molecule has 1 rings (SSSR count). The minimum Gasteiger partial charge on any atom is -0.495 e. The van der Waals surface area contributed by atoms with E-state index in [1.807, 2.05) is 0 Å². The summed E-state index contributed by atoms with van der Waals surface area (Å²) in [4.78, 5) is 0. The summed E-state index contributed by atoms with van der Waals surface area (Å²) in [6, 6.07) is 3.41. The standard InChI is InChI=1S/C11H16ClNO3/c1-7(14)6-13-9-4-8(12)10(15-2)5-11(9)16-3/h4-5,7,13-14H,6H2,1-3H3/t7-/m1/s1. The van der Waals surface area contributed by atoms with Crippen LogP contribution in [0.25, 0.3) is 0 Å². The van der Waals surface area contributed by atoms with Gasteiger partial charge < -0.3 is 19.9 Å². The maximum atomic E-state index is 9.19. The molecule has 0 saturated carbocycles. The maximum Gasteiger partial charge on any atom is 0.145 e. The van der Waals surface area contributed by atoms with Gasteiger partial charge in [-0.2, -0.15) is 0 Å². The van der Waals surface area contributed by atoms with E-state index in [2.05, 4.69) is 5.32 Å². The van der Waals surface area contributed by atoms with Crippen LogP contribution in [0.5, 0.6) is 11.5 Å². The Kier molecular flexibility index (Phi) is 4.71. The summed E-state index contributed by atoms with van der Waals surface area (Å²) in [5.41, 5.74) is 0.731. The molecule has 0 radical (unpaired) electrons. The van der Waals surface area contributed by atoms with Crippen molar-refractivity contribution >= 4 is 17.3 Å². The molecule has 2 N–H and O–H groups in total. The van der Waals surface area contributed by atoms with Crippen molar-refractivity contribution in [3.05, 3.63) is 17.2 Å². The second-order valence-electron chi connectivity index (χ2n) is 3.42. The van der Waals surface area contributed by atoms with Crippen molar-refractivity contribution < 1.29 is 14.6 Å². The monoisotopic (exact) mass is 245 g/mol. The largest absolute Gasteiger partial charge is 0.495 e. The fraction of sp³-hybridized carbons (Fsp3) is 0.455. The fourth-order valence-electron chi connectivity index (χ4n) is 1.26. The van der Waals surface area contributed by atoms with Gasteiger partial charge >= 0.3 is 0 Å². The molecule has 0 heterocycles. The molecule has 0 bridgehead atoms. The van der Waals surface area contributed by atoms with Crippen LogP contribution in [0, 0.1) is 0 Å². The highest BCUT2D eigenvalue weighted by atomic mass is 35.5. The number of methoxy groups -OCH3 is 2. The number of nitrogens with one attached hydrogen (secondary N) is 1. The number of aliphatic hydroxyl groups excluding tert-OH is 1. The third-order valence-corrected chi connectivity index (χ3v) is 2.36. The van der Waals surface area contributed by atoms with E-state index >= 15 is 0 Å². The van der Waals surface area contributed by atoms with Crippen molar-refractivity contribution in [3.8, 4) is 11.5 Å². The lowest BCUT2D eigenvalue weighted by molar-refractivity contribution is 0.208. The number of aliphatic hydroxyl groups is 1. The lowest BCUT2D eigenvalue weighted by Gasteiger charge is -2.14. The highest BCUT2D eigenvalue weighted by molar-refractivity contribution is 6.32. The molecule has 0 spiro atoms. The first-order valence-electron chi connectivity index (χ1n) is 4.92. The Hall–Kier alpha value is -1.13. The van der Waals surface area contributed by atoms with Crippen LogP contribution in [0.3, 0.4) is 0 Å². The first-order valence-corrected chi connectivity index (χ1v) is 5.29. The molecule has 0 aromatic heterocycles. The van der Waals surface area contributed by atoms with Crippen LogP contribution in [-0.4, -0.2) is 32.0 Å². The molecule has 5 heteroatoms. The average Bonchev–Trinajstić information content (AvgIpc) is 2.26. The molecule has 0 saturated heterocycles. The Bertz CT molecular complexity index is 355. The van der Waals surface area contributed by atoms with Gasteiger partial charge in [-0.15, -0.1) is 0 Å². The molecule has 0 fully saturated rings. The first kappa shape index (κ1) is 12.9. The molecular formula is C11H16ClNO3. The molecule has 0 aliphatic rings. The van der Waals surface area contributed by atoms with E-state index in [-0.39, 0.29) is 0 Å². The number of hydrogen-bond donors (Lipinski definition) is 2. The van der Waals surface area contributed by atoms with Crippen molar-refractivity contribution in [2.45, 2.75) is 13.0 Å².